The molecule has 30 heavy (non-hydrogen) atoms. The average molecular weight is 422 g/mol. The Labute approximate surface area is 171 Å². The first-order valence-corrected chi connectivity index (χ1v) is 9.36. The lowest BCUT2D eigenvalue weighted by Gasteiger charge is -2.32. The van der Waals surface area contributed by atoms with Crippen molar-refractivity contribution in [3.63, 3.8) is 0 Å². The van der Waals surface area contributed by atoms with E-state index < -0.39 is 17.6 Å². The third-order valence-corrected chi connectivity index (χ3v) is 4.93. The number of rotatable bonds is 5. The minimum atomic E-state index is -4.48. The lowest BCUT2D eigenvalue weighted by atomic mass is 9.97. The van der Waals surface area contributed by atoms with Crippen LogP contribution >= 0.6 is 0 Å². The number of nitrogens with two attached hydrogens (primary N) is 1. The van der Waals surface area contributed by atoms with Crippen molar-refractivity contribution in [1.29, 1.82) is 0 Å². The van der Waals surface area contributed by atoms with Gasteiger partial charge in [0.2, 0.25) is 0 Å². The number of benzene rings is 1. The molecule has 1 aromatic carbocycles. The van der Waals surface area contributed by atoms with Gasteiger partial charge in [0.25, 0.3) is 11.8 Å². The highest BCUT2D eigenvalue weighted by Gasteiger charge is 2.31. The number of aryl methyl sites for hydroxylation is 1. The number of carbonyl (C=O) groups excluding carboxylic acids is 2. The van der Waals surface area contributed by atoms with Gasteiger partial charge in [-0.25, -0.2) is 9.97 Å². The lowest BCUT2D eigenvalue weighted by Crippen LogP contribution is -2.42. The number of piperidine rings is 1. The van der Waals surface area contributed by atoms with Crippen LogP contribution in [0.3, 0.4) is 0 Å². The number of ether oxygens (including phenoxy) is 1. The zero-order valence-corrected chi connectivity index (χ0v) is 16.3. The monoisotopic (exact) mass is 422 g/mol. The van der Waals surface area contributed by atoms with Crippen LogP contribution in [0.2, 0.25) is 0 Å². The molecule has 2 amide bonds. The predicted octanol–water partition coefficient (Wildman–Crippen LogP) is 2.69. The number of hydrogen-bond donors (Lipinski definition) is 1. The first-order chi connectivity index (χ1) is 14.1. The van der Waals surface area contributed by atoms with E-state index in [9.17, 15) is 22.8 Å². The van der Waals surface area contributed by atoms with Crippen molar-refractivity contribution in [3.8, 4) is 5.75 Å². The van der Waals surface area contributed by atoms with Gasteiger partial charge in [-0.2, -0.15) is 13.2 Å². The molecule has 0 bridgehead atoms. The number of hydrogen-bond acceptors (Lipinski definition) is 5. The van der Waals surface area contributed by atoms with E-state index in [4.69, 9.17) is 10.5 Å². The number of aromatic nitrogens is 2. The van der Waals surface area contributed by atoms with Gasteiger partial charge in [0.15, 0.2) is 6.61 Å². The molecule has 3 rings (SSSR count). The van der Waals surface area contributed by atoms with Crippen molar-refractivity contribution in [2.75, 3.05) is 19.7 Å². The van der Waals surface area contributed by atoms with E-state index in [0.717, 1.165) is 25.0 Å². The number of likely N-dealkylation sites (tertiary alicyclic amines) is 1. The molecule has 0 aliphatic carbocycles. The third-order valence-electron chi connectivity index (χ3n) is 4.93. The minimum absolute atomic E-state index is 0.0206. The Hall–Kier alpha value is -3.17. The molecule has 1 atom stereocenters. The van der Waals surface area contributed by atoms with Crippen molar-refractivity contribution in [1.82, 2.24) is 14.9 Å². The molecule has 1 saturated heterocycles. The third kappa shape index (κ3) is 5.05. The van der Waals surface area contributed by atoms with E-state index in [1.54, 1.807) is 11.8 Å². The molecule has 0 saturated carbocycles. The highest BCUT2D eigenvalue weighted by atomic mass is 19.4. The second-order valence-electron chi connectivity index (χ2n) is 7.08. The molecular formula is C20H21F3N4O3. The summed E-state index contributed by atoms with van der Waals surface area (Å²) in [6.45, 7) is 2.17. The Balaban J connectivity index is 1.62. The first-order valence-electron chi connectivity index (χ1n) is 9.36. The Morgan fingerprint density at radius 1 is 1.33 bits per heavy atom. The number of primary amides is 1. The molecule has 0 spiro atoms. The maximum atomic E-state index is 12.8. The van der Waals surface area contributed by atoms with Crippen LogP contribution in [-0.4, -0.2) is 46.4 Å². The Bertz CT molecular complexity index is 949. The molecule has 0 radical (unpaired) electrons. The van der Waals surface area contributed by atoms with Gasteiger partial charge in [-0.3, -0.25) is 9.59 Å². The highest BCUT2D eigenvalue weighted by Crippen LogP contribution is 2.31. The molecule has 1 aliphatic heterocycles. The summed E-state index contributed by atoms with van der Waals surface area (Å²) in [6, 6.07) is 4.41. The summed E-state index contributed by atoms with van der Waals surface area (Å²) in [6.07, 6.45) is -1.60. The summed E-state index contributed by atoms with van der Waals surface area (Å²) in [7, 11) is 0. The summed E-state index contributed by atoms with van der Waals surface area (Å²) in [5.74, 6) is -0.549. The predicted molar refractivity (Wildman–Crippen MR) is 101 cm³/mol. The number of nitrogens with zero attached hydrogens (tertiary/aromatic N) is 3. The topological polar surface area (TPSA) is 98.4 Å². The molecule has 10 heteroatoms. The number of halogens is 3. The van der Waals surface area contributed by atoms with Crippen molar-refractivity contribution < 1.29 is 27.5 Å². The zero-order valence-electron chi connectivity index (χ0n) is 16.3. The van der Waals surface area contributed by atoms with Crippen LogP contribution in [0.4, 0.5) is 13.2 Å². The molecule has 1 aliphatic rings. The van der Waals surface area contributed by atoms with Crippen molar-refractivity contribution in [2.45, 2.75) is 31.9 Å². The Morgan fingerprint density at radius 3 is 2.77 bits per heavy atom. The van der Waals surface area contributed by atoms with Gasteiger partial charge in [-0.05, 0) is 38.0 Å². The van der Waals surface area contributed by atoms with E-state index in [-0.39, 0.29) is 29.7 Å². The highest BCUT2D eigenvalue weighted by molar-refractivity contribution is 5.93. The number of alkyl halides is 3. The van der Waals surface area contributed by atoms with Gasteiger partial charge in [0.05, 0.1) is 16.8 Å². The standard InChI is InChI=1S/C20H21F3N4O3/c1-12-16(18(24)29)9-25-19(26-12)13-4-3-7-27(10-13)17(28)11-30-15-6-2-5-14(8-15)20(21,22)23/h2,5-6,8-9,13H,3-4,7,10-11H2,1H3,(H2,24,29). The van der Waals surface area contributed by atoms with E-state index in [0.29, 0.717) is 24.6 Å². The molecule has 160 valence electrons. The summed E-state index contributed by atoms with van der Waals surface area (Å²) in [5, 5.41) is 0. The summed E-state index contributed by atoms with van der Waals surface area (Å²) in [4.78, 5) is 34.0. The van der Waals surface area contributed by atoms with Crippen LogP contribution in [0.5, 0.6) is 5.75 Å². The van der Waals surface area contributed by atoms with Crippen LogP contribution in [-0.2, 0) is 11.0 Å². The van der Waals surface area contributed by atoms with Crippen molar-refractivity contribution in [2.24, 2.45) is 5.73 Å². The Kier molecular flexibility index (Phi) is 6.23. The van der Waals surface area contributed by atoms with E-state index in [1.807, 2.05) is 0 Å². The van der Waals surface area contributed by atoms with Gasteiger partial charge in [-0.1, -0.05) is 6.07 Å². The maximum Gasteiger partial charge on any atom is 0.416 e. The number of amides is 2. The SMILES string of the molecule is Cc1nc(C2CCCN(C(=O)COc3cccc(C(F)(F)F)c3)C2)ncc1C(N)=O. The maximum absolute atomic E-state index is 12.8. The molecule has 2 N–H and O–H groups in total. The fraction of sp³-hybridized carbons (Fsp3) is 0.400. The summed E-state index contributed by atoms with van der Waals surface area (Å²) in [5.41, 5.74) is 5.16. The smallest absolute Gasteiger partial charge is 0.416 e. The first kappa shape index (κ1) is 21.5. The van der Waals surface area contributed by atoms with Crippen LogP contribution < -0.4 is 10.5 Å². The van der Waals surface area contributed by atoms with Gasteiger partial charge in [0.1, 0.15) is 11.6 Å². The molecule has 7 nitrogen and oxygen atoms in total. The Morgan fingerprint density at radius 2 is 2.10 bits per heavy atom. The zero-order chi connectivity index (χ0) is 21.9. The second kappa shape index (κ2) is 8.68. The van der Waals surface area contributed by atoms with Gasteiger partial charge >= 0.3 is 6.18 Å². The second-order valence-corrected chi connectivity index (χ2v) is 7.08. The molecule has 2 heterocycles. The van der Waals surface area contributed by atoms with Crippen molar-refractivity contribution >= 4 is 11.8 Å². The average Bonchev–Trinajstić information content (AvgIpc) is 2.71. The largest absolute Gasteiger partial charge is 0.484 e. The molecule has 1 aromatic heterocycles. The lowest BCUT2D eigenvalue weighted by molar-refractivity contribution is -0.137. The quantitative estimate of drug-likeness (QED) is 0.799. The van der Waals surface area contributed by atoms with Crippen LogP contribution in [0.1, 0.15) is 46.2 Å². The van der Waals surface area contributed by atoms with Crippen LogP contribution in [0.15, 0.2) is 30.5 Å². The molecular weight excluding hydrogens is 401 g/mol. The fourth-order valence-electron chi connectivity index (χ4n) is 3.34. The minimum Gasteiger partial charge on any atom is -0.484 e. The molecule has 1 fully saturated rings. The van der Waals surface area contributed by atoms with Crippen LogP contribution in [0, 0.1) is 6.92 Å². The summed E-state index contributed by atoms with van der Waals surface area (Å²) >= 11 is 0. The van der Waals surface area contributed by atoms with Gasteiger partial charge in [0, 0.05) is 25.2 Å². The van der Waals surface area contributed by atoms with Crippen molar-refractivity contribution in [3.05, 3.63) is 53.1 Å². The van der Waals surface area contributed by atoms with E-state index >= 15 is 0 Å². The van der Waals surface area contributed by atoms with E-state index in [2.05, 4.69) is 9.97 Å². The van der Waals surface area contributed by atoms with E-state index in [1.165, 1.54) is 18.3 Å². The number of carbonyl (C=O) groups is 2. The van der Waals surface area contributed by atoms with Crippen LogP contribution in [0.25, 0.3) is 0 Å². The fourth-order valence-corrected chi connectivity index (χ4v) is 3.34. The molecule has 2 aromatic rings. The van der Waals surface area contributed by atoms with Gasteiger partial charge in [-0.15, -0.1) is 0 Å². The normalized spacial score (nSPS) is 16.9. The summed E-state index contributed by atoms with van der Waals surface area (Å²) < 4.78 is 43.7. The molecule has 1 unspecified atom stereocenters. The van der Waals surface area contributed by atoms with Gasteiger partial charge < -0.3 is 15.4 Å².